The number of hydrogen-bond donors (Lipinski definition) is 0. The lowest BCUT2D eigenvalue weighted by Crippen LogP contribution is -2.41. The maximum atomic E-state index is 12.4. The van der Waals surface area contributed by atoms with Crippen LogP contribution in [-0.2, 0) is 14.3 Å². The first-order chi connectivity index (χ1) is 13.2. The van der Waals surface area contributed by atoms with Gasteiger partial charge in [0.2, 0.25) is 5.91 Å². The molecule has 2 saturated heterocycles. The molecule has 2 aliphatic heterocycles. The molecule has 7 nitrogen and oxygen atoms in total. The van der Waals surface area contributed by atoms with Crippen LogP contribution in [0.15, 0.2) is 18.2 Å². The predicted molar refractivity (Wildman–Crippen MR) is 97.4 cm³/mol. The van der Waals surface area contributed by atoms with Crippen molar-refractivity contribution < 1.29 is 23.7 Å². The van der Waals surface area contributed by atoms with E-state index in [1.165, 1.54) is 7.11 Å². The summed E-state index contributed by atoms with van der Waals surface area (Å²) in [5, 5.41) is 8.92. The van der Waals surface area contributed by atoms with Gasteiger partial charge in [0.1, 0.15) is 0 Å². The van der Waals surface area contributed by atoms with E-state index in [4.69, 9.17) is 24.2 Å². The molecule has 0 unspecified atom stereocenters. The molecule has 0 bridgehead atoms. The molecule has 2 heterocycles. The third-order valence-electron chi connectivity index (χ3n) is 5.01. The van der Waals surface area contributed by atoms with Gasteiger partial charge in [0.15, 0.2) is 17.8 Å². The minimum atomic E-state index is -0.0851. The summed E-state index contributed by atoms with van der Waals surface area (Å²) in [4.78, 5) is 14.3. The summed E-state index contributed by atoms with van der Waals surface area (Å²) in [7, 11) is 1.54. The first-order valence-corrected chi connectivity index (χ1v) is 9.43. The van der Waals surface area contributed by atoms with Crippen LogP contribution in [0.3, 0.4) is 0 Å². The first-order valence-electron chi connectivity index (χ1n) is 9.43. The van der Waals surface area contributed by atoms with Gasteiger partial charge in [-0.25, -0.2) is 0 Å². The van der Waals surface area contributed by atoms with Crippen LogP contribution < -0.4 is 9.47 Å². The van der Waals surface area contributed by atoms with Gasteiger partial charge in [-0.05, 0) is 31.4 Å². The molecule has 7 heteroatoms. The average molecular weight is 374 g/mol. The van der Waals surface area contributed by atoms with Crippen molar-refractivity contribution in [2.45, 2.75) is 32.0 Å². The molecular formula is C20H26N2O5. The normalized spacial score (nSPS) is 18.3. The Morgan fingerprint density at radius 1 is 1.26 bits per heavy atom. The summed E-state index contributed by atoms with van der Waals surface area (Å²) in [6.07, 6.45) is 2.86. The molecule has 0 aromatic heterocycles. The van der Waals surface area contributed by atoms with Gasteiger partial charge in [-0.15, -0.1) is 0 Å². The maximum absolute atomic E-state index is 12.4. The van der Waals surface area contributed by atoms with Crippen molar-refractivity contribution >= 4 is 5.91 Å². The van der Waals surface area contributed by atoms with E-state index in [9.17, 15) is 4.79 Å². The molecule has 0 spiro atoms. The number of methoxy groups -OCH3 is 1. The average Bonchev–Trinajstić information content (AvgIpc) is 3.26. The van der Waals surface area contributed by atoms with Crippen LogP contribution in [0.5, 0.6) is 11.5 Å². The van der Waals surface area contributed by atoms with Gasteiger partial charge in [-0.1, -0.05) is 0 Å². The number of carbonyl (C=O) groups is 1. The SMILES string of the molecule is COc1cc(C#N)ccc1OCCCC(=O)N1CCC(C2OCCO2)CC1. The molecule has 2 aliphatic rings. The number of carbonyl (C=O) groups excluding carboxylic acids is 1. The van der Waals surface area contributed by atoms with Gasteiger partial charge in [0.25, 0.3) is 0 Å². The Balaban J connectivity index is 1.37. The summed E-state index contributed by atoms with van der Waals surface area (Å²) in [6.45, 7) is 3.30. The minimum Gasteiger partial charge on any atom is -0.493 e. The standard InChI is InChI=1S/C20H26N2O5/c1-24-18-13-15(14-21)4-5-17(18)25-10-2-3-19(23)22-8-6-16(7-9-22)20-26-11-12-27-20/h4-5,13,16,20H,2-3,6-12H2,1H3. The number of nitriles is 1. The Labute approximate surface area is 159 Å². The summed E-state index contributed by atoms with van der Waals surface area (Å²) >= 11 is 0. The molecule has 1 aromatic carbocycles. The number of nitrogens with zero attached hydrogens (tertiary/aromatic N) is 2. The van der Waals surface area contributed by atoms with Crippen LogP contribution in [0.2, 0.25) is 0 Å². The quantitative estimate of drug-likeness (QED) is 0.682. The molecule has 146 valence electrons. The Morgan fingerprint density at radius 3 is 2.67 bits per heavy atom. The van der Waals surface area contributed by atoms with Crippen molar-refractivity contribution in [1.29, 1.82) is 5.26 Å². The van der Waals surface area contributed by atoms with Crippen LogP contribution in [0, 0.1) is 17.2 Å². The van der Waals surface area contributed by atoms with Crippen LogP contribution >= 0.6 is 0 Å². The Morgan fingerprint density at radius 2 is 2.00 bits per heavy atom. The van der Waals surface area contributed by atoms with Gasteiger partial charge >= 0.3 is 0 Å². The molecule has 0 aliphatic carbocycles. The summed E-state index contributed by atoms with van der Waals surface area (Å²) in [5.74, 6) is 1.67. The van der Waals surface area contributed by atoms with Gasteiger partial charge in [0, 0.05) is 31.5 Å². The number of piperidine rings is 1. The highest BCUT2D eigenvalue weighted by atomic mass is 16.7. The number of amides is 1. The van der Waals surface area contributed by atoms with E-state index >= 15 is 0 Å². The highest BCUT2D eigenvalue weighted by molar-refractivity contribution is 5.76. The molecule has 0 N–H and O–H groups in total. The van der Waals surface area contributed by atoms with Gasteiger partial charge in [-0.3, -0.25) is 4.79 Å². The molecule has 1 aromatic rings. The monoisotopic (exact) mass is 374 g/mol. The van der Waals surface area contributed by atoms with Crippen molar-refractivity contribution in [1.82, 2.24) is 4.90 Å². The number of likely N-dealkylation sites (tertiary alicyclic amines) is 1. The largest absolute Gasteiger partial charge is 0.493 e. The molecule has 1 amide bonds. The second-order valence-corrected chi connectivity index (χ2v) is 6.76. The van der Waals surface area contributed by atoms with Crippen LogP contribution in [0.4, 0.5) is 0 Å². The van der Waals surface area contributed by atoms with Crippen molar-refractivity contribution in [3.05, 3.63) is 23.8 Å². The van der Waals surface area contributed by atoms with E-state index in [-0.39, 0.29) is 12.2 Å². The van der Waals surface area contributed by atoms with E-state index in [1.807, 2.05) is 4.90 Å². The van der Waals surface area contributed by atoms with E-state index in [0.29, 0.717) is 55.6 Å². The van der Waals surface area contributed by atoms with Crippen molar-refractivity contribution in [2.75, 3.05) is 40.0 Å². The fourth-order valence-corrected chi connectivity index (χ4v) is 3.49. The highest BCUT2D eigenvalue weighted by Gasteiger charge is 2.31. The van der Waals surface area contributed by atoms with Crippen molar-refractivity contribution in [3.63, 3.8) is 0 Å². The third-order valence-corrected chi connectivity index (χ3v) is 5.01. The number of ether oxygens (including phenoxy) is 4. The lowest BCUT2D eigenvalue weighted by molar-refractivity contribution is -0.137. The van der Waals surface area contributed by atoms with Crippen molar-refractivity contribution in [3.8, 4) is 17.6 Å². The lowest BCUT2D eigenvalue weighted by atomic mass is 9.96. The predicted octanol–water partition coefficient (Wildman–Crippen LogP) is 2.34. The van der Waals surface area contributed by atoms with Gasteiger partial charge < -0.3 is 23.8 Å². The van der Waals surface area contributed by atoms with E-state index < -0.39 is 0 Å². The Hall–Kier alpha value is -2.30. The smallest absolute Gasteiger partial charge is 0.222 e. The van der Waals surface area contributed by atoms with Crippen molar-refractivity contribution in [2.24, 2.45) is 5.92 Å². The van der Waals surface area contributed by atoms with E-state index in [2.05, 4.69) is 6.07 Å². The minimum absolute atomic E-state index is 0.0851. The van der Waals surface area contributed by atoms with E-state index in [1.54, 1.807) is 18.2 Å². The summed E-state index contributed by atoms with van der Waals surface area (Å²) < 4.78 is 22.1. The molecule has 3 rings (SSSR count). The summed E-state index contributed by atoms with van der Waals surface area (Å²) in [5.41, 5.74) is 0.520. The number of rotatable bonds is 7. The Bertz CT molecular complexity index is 673. The molecule has 2 fully saturated rings. The lowest BCUT2D eigenvalue weighted by Gasteiger charge is -2.33. The first kappa shape index (κ1) is 19.5. The number of benzene rings is 1. The van der Waals surface area contributed by atoms with Crippen LogP contribution in [0.1, 0.15) is 31.2 Å². The second-order valence-electron chi connectivity index (χ2n) is 6.76. The molecule has 0 radical (unpaired) electrons. The molecule has 0 saturated carbocycles. The topological polar surface area (TPSA) is 81.0 Å². The van der Waals surface area contributed by atoms with Gasteiger partial charge in [-0.2, -0.15) is 5.26 Å². The maximum Gasteiger partial charge on any atom is 0.222 e. The molecular weight excluding hydrogens is 348 g/mol. The zero-order chi connectivity index (χ0) is 19.1. The fraction of sp³-hybridized carbons (Fsp3) is 0.600. The molecule has 27 heavy (non-hydrogen) atoms. The van der Waals surface area contributed by atoms with Crippen LogP contribution in [0.25, 0.3) is 0 Å². The second kappa shape index (κ2) is 9.58. The third kappa shape index (κ3) is 5.12. The highest BCUT2D eigenvalue weighted by Crippen LogP contribution is 2.28. The fourth-order valence-electron chi connectivity index (χ4n) is 3.49. The van der Waals surface area contributed by atoms with E-state index in [0.717, 1.165) is 25.9 Å². The summed E-state index contributed by atoms with van der Waals surface area (Å²) in [6, 6.07) is 7.11. The molecule has 0 atom stereocenters. The Kier molecular flexibility index (Phi) is 6.91. The van der Waals surface area contributed by atoms with Gasteiger partial charge in [0.05, 0.1) is 38.6 Å². The number of hydrogen-bond acceptors (Lipinski definition) is 6. The zero-order valence-electron chi connectivity index (χ0n) is 15.7. The zero-order valence-corrected chi connectivity index (χ0v) is 15.7. The van der Waals surface area contributed by atoms with Crippen LogP contribution in [-0.4, -0.2) is 57.1 Å².